The number of hydroxylamine groups is 1. The van der Waals surface area contributed by atoms with Gasteiger partial charge in [0.05, 0.1) is 6.21 Å². The first-order valence-electron chi connectivity index (χ1n) is 11.0. The highest BCUT2D eigenvalue weighted by Crippen LogP contribution is 2.16. The number of hydrogen-bond donors (Lipinski definition) is 3. The van der Waals surface area contributed by atoms with Gasteiger partial charge < -0.3 is 4.90 Å². The summed E-state index contributed by atoms with van der Waals surface area (Å²) < 4.78 is 0. The highest BCUT2D eigenvalue weighted by molar-refractivity contribution is 5.96. The lowest BCUT2D eigenvalue weighted by Gasteiger charge is -2.24. The molecule has 0 unspecified atom stereocenters. The Bertz CT molecular complexity index is 915. The Morgan fingerprint density at radius 3 is 2.31 bits per heavy atom. The number of hydrazone groups is 1. The van der Waals surface area contributed by atoms with Crippen molar-refractivity contribution in [1.82, 2.24) is 10.9 Å². The fourth-order valence-electron chi connectivity index (χ4n) is 3.06. The van der Waals surface area contributed by atoms with Crippen molar-refractivity contribution in [3.63, 3.8) is 0 Å². The minimum atomic E-state index is -0.644. The van der Waals surface area contributed by atoms with E-state index in [1.54, 1.807) is 30.5 Å². The minimum Gasteiger partial charge on any atom is -0.372 e. The molecule has 0 aliphatic carbocycles. The lowest BCUT2D eigenvalue weighted by atomic mass is 10.1. The summed E-state index contributed by atoms with van der Waals surface area (Å²) in [5, 5.41) is 12.6. The maximum absolute atomic E-state index is 12.4. The molecule has 7 nitrogen and oxygen atoms in total. The SMILES string of the molecule is CCCCN(CCCC)c1ccc(/C=N/NC(=O)c2cccc(/C=C/C(=O)NO)c2)cc1. The number of hydrogen-bond acceptors (Lipinski definition) is 5. The molecule has 0 aliphatic rings. The molecule has 0 bridgehead atoms. The van der Waals surface area contributed by atoms with Crippen molar-refractivity contribution >= 4 is 29.8 Å². The quantitative estimate of drug-likeness (QED) is 0.199. The van der Waals surface area contributed by atoms with Crippen LogP contribution in [-0.4, -0.2) is 36.3 Å². The van der Waals surface area contributed by atoms with Gasteiger partial charge >= 0.3 is 0 Å². The molecule has 0 heterocycles. The molecular formula is C25H32N4O3. The molecule has 7 heteroatoms. The summed E-state index contributed by atoms with van der Waals surface area (Å²) in [7, 11) is 0. The van der Waals surface area contributed by atoms with E-state index in [1.807, 2.05) is 12.1 Å². The largest absolute Gasteiger partial charge is 0.372 e. The number of nitrogens with zero attached hydrogens (tertiary/aromatic N) is 2. The van der Waals surface area contributed by atoms with Gasteiger partial charge in [0, 0.05) is 30.4 Å². The number of carbonyl (C=O) groups is 2. The molecule has 0 saturated carbocycles. The molecule has 2 rings (SSSR count). The molecule has 2 aromatic rings. The third-order valence-electron chi connectivity index (χ3n) is 4.89. The van der Waals surface area contributed by atoms with Crippen molar-refractivity contribution in [3.8, 4) is 0 Å². The van der Waals surface area contributed by atoms with Crippen LogP contribution in [0.25, 0.3) is 6.08 Å². The van der Waals surface area contributed by atoms with E-state index in [1.165, 1.54) is 49.0 Å². The Balaban J connectivity index is 1.96. The Hall–Kier alpha value is -3.45. The number of nitrogens with one attached hydrogen (secondary N) is 2. The molecular weight excluding hydrogens is 404 g/mol. The first kappa shape index (κ1) is 24.8. The van der Waals surface area contributed by atoms with Crippen molar-refractivity contribution in [1.29, 1.82) is 0 Å². The van der Waals surface area contributed by atoms with Gasteiger partial charge in [-0.25, -0.2) is 10.9 Å². The van der Waals surface area contributed by atoms with E-state index in [0.29, 0.717) is 11.1 Å². The second-order valence-electron chi connectivity index (χ2n) is 7.42. The smallest absolute Gasteiger partial charge is 0.271 e. The van der Waals surface area contributed by atoms with Crippen LogP contribution < -0.4 is 15.8 Å². The van der Waals surface area contributed by atoms with Crippen LogP contribution in [-0.2, 0) is 4.79 Å². The highest BCUT2D eigenvalue weighted by atomic mass is 16.5. The Morgan fingerprint density at radius 1 is 1.00 bits per heavy atom. The van der Waals surface area contributed by atoms with Gasteiger partial charge in [0.1, 0.15) is 0 Å². The lowest BCUT2D eigenvalue weighted by molar-refractivity contribution is -0.124. The summed E-state index contributed by atoms with van der Waals surface area (Å²) >= 11 is 0. The van der Waals surface area contributed by atoms with Gasteiger partial charge in [0.25, 0.3) is 11.8 Å². The molecule has 0 spiro atoms. The zero-order valence-electron chi connectivity index (χ0n) is 18.8. The number of rotatable bonds is 12. The fraction of sp³-hybridized carbons (Fsp3) is 0.320. The van der Waals surface area contributed by atoms with E-state index in [4.69, 9.17) is 5.21 Å². The molecule has 0 aromatic heterocycles. The molecule has 0 fully saturated rings. The number of benzene rings is 2. The average molecular weight is 437 g/mol. The van der Waals surface area contributed by atoms with Gasteiger partial charge in [0.2, 0.25) is 0 Å². The monoisotopic (exact) mass is 436 g/mol. The Labute approximate surface area is 189 Å². The summed E-state index contributed by atoms with van der Waals surface area (Å²) in [6.07, 6.45) is 8.96. The van der Waals surface area contributed by atoms with Crippen molar-refractivity contribution in [2.45, 2.75) is 39.5 Å². The third kappa shape index (κ3) is 8.35. The van der Waals surface area contributed by atoms with Gasteiger partial charge in [-0.1, -0.05) is 51.0 Å². The van der Waals surface area contributed by atoms with Gasteiger partial charge in [-0.15, -0.1) is 0 Å². The van der Waals surface area contributed by atoms with E-state index in [2.05, 4.69) is 41.4 Å². The molecule has 2 aromatic carbocycles. The summed E-state index contributed by atoms with van der Waals surface area (Å²) in [5.74, 6) is -1.00. The summed E-state index contributed by atoms with van der Waals surface area (Å²) in [5.41, 5.74) is 7.19. The van der Waals surface area contributed by atoms with Crippen molar-refractivity contribution in [3.05, 3.63) is 71.3 Å². The standard InChI is InChI=1S/C25H32N4O3/c1-3-5-16-29(17-6-4-2)23-13-10-21(11-14-23)19-26-27-25(31)22-9-7-8-20(18-22)12-15-24(30)28-32/h7-15,18-19,32H,3-6,16-17H2,1-2H3,(H,27,31)(H,28,30)/b15-12+,26-19+. The molecule has 0 radical (unpaired) electrons. The molecule has 170 valence electrons. The van der Waals surface area contributed by atoms with Gasteiger partial charge in [-0.3, -0.25) is 14.8 Å². The first-order valence-corrected chi connectivity index (χ1v) is 11.0. The highest BCUT2D eigenvalue weighted by Gasteiger charge is 2.06. The lowest BCUT2D eigenvalue weighted by Crippen LogP contribution is -2.25. The minimum absolute atomic E-state index is 0.356. The second kappa shape index (κ2) is 13.8. The van der Waals surface area contributed by atoms with Crippen LogP contribution in [0, 0.1) is 0 Å². The van der Waals surface area contributed by atoms with Crippen LogP contribution in [0.15, 0.2) is 59.7 Å². The van der Waals surface area contributed by atoms with E-state index in [-0.39, 0.29) is 5.91 Å². The maximum atomic E-state index is 12.4. The first-order chi connectivity index (χ1) is 15.6. The molecule has 3 N–H and O–H groups in total. The van der Waals surface area contributed by atoms with Crippen LogP contribution in [0.4, 0.5) is 5.69 Å². The molecule has 0 aliphatic heterocycles. The van der Waals surface area contributed by atoms with E-state index in [9.17, 15) is 9.59 Å². The maximum Gasteiger partial charge on any atom is 0.271 e. The summed E-state index contributed by atoms with van der Waals surface area (Å²) in [4.78, 5) is 25.9. The van der Waals surface area contributed by atoms with Crippen molar-refractivity contribution in [2.75, 3.05) is 18.0 Å². The van der Waals surface area contributed by atoms with Crippen LogP contribution in [0.1, 0.15) is 61.0 Å². The van der Waals surface area contributed by atoms with Crippen molar-refractivity contribution in [2.24, 2.45) is 5.10 Å². The van der Waals surface area contributed by atoms with Crippen molar-refractivity contribution < 1.29 is 14.8 Å². The van der Waals surface area contributed by atoms with Crippen LogP contribution in [0.2, 0.25) is 0 Å². The molecule has 2 amide bonds. The number of unbranched alkanes of at least 4 members (excludes halogenated alkanes) is 2. The summed E-state index contributed by atoms with van der Waals surface area (Å²) in [6, 6.07) is 14.9. The van der Waals surface area contributed by atoms with E-state index >= 15 is 0 Å². The molecule has 32 heavy (non-hydrogen) atoms. The zero-order valence-corrected chi connectivity index (χ0v) is 18.8. The number of carbonyl (C=O) groups excluding carboxylic acids is 2. The molecule has 0 saturated heterocycles. The average Bonchev–Trinajstić information content (AvgIpc) is 2.83. The summed E-state index contributed by atoms with van der Waals surface area (Å²) in [6.45, 7) is 6.51. The number of anilines is 1. The third-order valence-corrected chi connectivity index (χ3v) is 4.89. The van der Waals surface area contributed by atoms with E-state index < -0.39 is 5.91 Å². The fourth-order valence-corrected chi connectivity index (χ4v) is 3.06. The Kier molecular flexibility index (Phi) is 10.7. The topological polar surface area (TPSA) is 94.0 Å². The van der Waals surface area contributed by atoms with Crippen LogP contribution in [0.3, 0.4) is 0 Å². The predicted octanol–water partition coefficient (Wildman–Crippen LogP) is 4.38. The van der Waals surface area contributed by atoms with E-state index in [0.717, 1.165) is 18.7 Å². The zero-order chi connectivity index (χ0) is 23.2. The normalized spacial score (nSPS) is 11.1. The van der Waals surface area contributed by atoms with Crippen LogP contribution in [0.5, 0.6) is 0 Å². The van der Waals surface area contributed by atoms with Gasteiger partial charge in [-0.2, -0.15) is 5.10 Å². The second-order valence-corrected chi connectivity index (χ2v) is 7.42. The van der Waals surface area contributed by atoms with Gasteiger partial charge in [-0.05, 0) is 54.3 Å². The predicted molar refractivity (Wildman–Crippen MR) is 129 cm³/mol. The van der Waals surface area contributed by atoms with Gasteiger partial charge in [0.15, 0.2) is 0 Å². The Morgan fingerprint density at radius 2 is 1.69 bits per heavy atom. The van der Waals surface area contributed by atoms with Crippen LogP contribution >= 0.6 is 0 Å². The molecule has 0 atom stereocenters. The number of amides is 2.